The molecule has 3 rings (SSSR count). The first kappa shape index (κ1) is 21.1. The van der Waals surface area contributed by atoms with Crippen LogP contribution in [0.15, 0.2) is 54.6 Å². The third-order valence-corrected chi connectivity index (χ3v) is 5.17. The number of allylic oxidation sites excluding steroid dienone is 1. The second-order valence-electron chi connectivity index (χ2n) is 7.13. The summed E-state index contributed by atoms with van der Waals surface area (Å²) in [6, 6.07) is 16.1. The third-order valence-electron chi connectivity index (χ3n) is 5.17. The maximum absolute atomic E-state index is 11.8. The standard InChI is InChI=1S/C24H30N2O3/c1-3-7-21-18-22(24(27)28-2)10-11-23(21)26-14-12-25(13-15-26)16-17-29-19-20-8-5-4-6-9-20/h3-11,18H,12-17,19H2,1-2H3. The van der Waals surface area contributed by atoms with E-state index in [2.05, 4.69) is 21.9 Å². The van der Waals surface area contributed by atoms with Gasteiger partial charge in [0.25, 0.3) is 0 Å². The zero-order chi connectivity index (χ0) is 20.5. The van der Waals surface area contributed by atoms with Crippen LogP contribution in [0.3, 0.4) is 0 Å². The van der Waals surface area contributed by atoms with Crippen molar-refractivity contribution < 1.29 is 14.3 Å². The molecule has 154 valence electrons. The molecule has 0 saturated carbocycles. The van der Waals surface area contributed by atoms with Crippen LogP contribution in [0.25, 0.3) is 6.08 Å². The van der Waals surface area contributed by atoms with Crippen molar-refractivity contribution in [1.29, 1.82) is 0 Å². The van der Waals surface area contributed by atoms with Gasteiger partial charge in [0.1, 0.15) is 0 Å². The third kappa shape index (κ3) is 5.92. The lowest BCUT2D eigenvalue weighted by molar-refractivity contribution is 0.0600. The Morgan fingerprint density at radius 2 is 1.83 bits per heavy atom. The van der Waals surface area contributed by atoms with Gasteiger partial charge in [0.2, 0.25) is 0 Å². The molecule has 5 nitrogen and oxygen atoms in total. The Morgan fingerprint density at radius 1 is 1.07 bits per heavy atom. The molecular weight excluding hydrogens is 364 g/mol. The molecule has 2 aromatic rings. The highest BCUT2D eigenvalue weighted by molar-refractivity contribution is 5.91. The summed E-state index contributed by atoms with van der Waals surface area (Å²) in [6.07, 6.45) is 4.05. The van der Waals surface area contributed by atoms with Gasteiger partial charge in [0, 0.05) is 38.4 Å². The number of esters is 1. The first-order valence-corrected chi connectivity index (χ1v) is 10.2. The van der Waals surface area contributed by atoms with Gasteiger partial charge < -0.3 is 14.4 Å². The predicted molar refractivity (Wildman–Crippen MR) is 117 cm³/mol. The maximum Gasteiger partial charge on any atom is 0.337 e. The molecule has 0 spiro atoms. The number of anilines is 1. The number of carbonyl (C=O) groups is 1. The molecule has 0 aliphatic carbocycles. The smallest absolute Gasteiger partial charge is 0.337 e. The molecule has 0 unspecified atom stereocenters. The van der Waals surface area contributed by atoms with Crippen molar-refractivity contribution >= 4 is 17.7 Å². The van der Waals surface area contributed by atoms with Crippen LogP contribution < -0.4 is 4.90 Å². The van der Waals surface area contributed by atoms with Crippen molar-refractivity contribution in [3.63, 3.8) is 0 Å². The number of piperazine rings is 1. The highest BCUT2D eigenvalue weighted by atomic mass is 16.5. The fourth-order valence-corrected chi connectivity index (χ4v) is 3.57. The largest absolute Gasteiger partial charge is 0.465 e. The van der Waals surface area contributed by atoms with E-state index in [4.69, 9.17) is 9.47 Å². The van der Waals surface area contributed by atoms with E-state index in [9.17, 15) is 4.79 Å². The fraction of sp³-hybridized carbons (Fsp3) is 0.375. The summed E-state index contributed by atoms with van der Waals surface area (Å²) in [5.41, 5.74) is 4.01. The van der Waals surface area contributed by atoms with Gasteiger partial charge in [-0.2, -0.15) is 0 Å². The zero-order valence-electron chi connectivity index (χ0n) is 17.3. The van der Waals surface area contributed by atoms with Crippen molar-refractivity contribution in [2.24, 2.45) is 0 Å². The number of ether oxygens (including phenoxy) is 2. The average Bonchev–Trinajstić information content (AvgIpc) is 2.77. The Hall–Kier alpha value is -2.63. The topological polar surface area (TPSA) is 42.0 Å². The minimum atomic E-state index is -0.303. The van der Waals surface area contributed by atoms with Crippen LogP contribution >= 0.6 is 0 Å². The first-order valence-electron chi connectivity index (χ1n) is 10.2. The van der Waals surface area contributed by atoms with Gasteiger partial charge in [0.15, 0.2) is 0 Å². The van der Waals surface area contributed by atoms with Crippen molar-refractivity contribution in [3.05, 3.63) is 71.3 Å². The Balaban J connectivity index is 1.50. The first-order chi connectivity index (χ1) is 14.2. The van der Waals surface area contributed by atoms with Crippen LogP contribution in [0.1, 0.15) is 28.4 Å². The number of rotatable bonds is 8. The van der Waals surface area contributed by atoms with Gasteiger partial charge in [-0.3, -0.25) is 4.90 Å². The summed E-state index contributed by atoms with van der Waals surface area (Å²) in [6.45, 7) is 8.27. The van der Waals surface area contributed by atoms with E-state index in [1.54, 1.807) is 0 Å². The van der Waals surface area contributed by atoms with Gasteiger partial charge in [-0.05, 0) is 36.2 Å². The monoisotopic (exact) mass is 394 g/mol. The van der Waals surface area contributed by atoms with Gasteiger partial charge in [0.05, 0.1) is 25.9 Å². The number of hydrogen-bond donors (Lipinski definition) is 0. The Kier molecular flexibility index (Phi) is 7.85. The van der Waals surface area contributed by atoms with Gasteiger partial charge in [-0.15, -0.1) is 0 Å². The molecule has 0 N–H and O–H groups in total. The van der Waals surface area contributed by atoms with Crippen LogP contribution in [0.5, 0.6) is 0 Å². The van der Waals surface area contributed by atoms with E-state index in [0.717, 1.165) is 50.6 Å². The number of hydrogen-bond acceptors (Lipinski definition) is 5. The summed E-state index contributed by atoms with van der Waals surface area (Å²) >= 11 is 0. The van der Waals surface area contributed by atoms with Crippen LogP contribution in [0.2, 0.25) is 0 Å². The summed E-state index contributed by atoms with van der Waals surface area (Å²) in [7, 11) is 1.41. The summed E-state index contributed by atoms with van der Waals surface area (Å²) in [4.78, 5) is 16.7. The average molecular weight is 395 g/mol. The molecule has 1 aliphatic rings. The van der Waals surface area contributed by atoms with E-state index in [1.807, 2.05) is 55.5 Å². The number of nitrogens with zero attached hydrogens (tertiary/aromatic N) is 2. The minimum absolute atomic E-state index is 0.303. The van der Waals surface area contributed by atoms with Crippen LogP contribution in [-0.4, -0.2) is 57.3 Å². The highest BCUT2D eigenvalue weighted by Gasteiger charge is 2.19. The Bertz CT molecular complexity index is 812. The fourth-order valence-electron chi connectivity index (χ4n) is 3.57. The van der Waals surface area contributed by atoms with Crippen molar-refractivity contribution in [2.45, 2.75) is 13.5 Å². The number of carbonyl (C=O) groups excluding carboxylic acids is 1. The quantitative estimate of drug-likeness (QED) is 0.503. The van der Waals surface area contributed by atoms with E-state index >= 15 is 0 Å². The number of methoxy groups -OCH3 is 1. The molecule has 29 heavy (non-hydrogen) atoms. The summed E-state index contributed by atoms with van der Waals surface area (Å²) in [5.74, 6) is -0.303. The Morgan fingerprint density at radius 3 is 2.52 bits per heavy atom. The maximum atomic E-state index is 11.8. The molecule has 0 bridgehead atoms. The summed E-state index contributed by atoms with van der Waals surface area (Å²) < 4.78 is 10.7. The van der Waals surface area contributed by atoms with Gasteiger partial charge in [-0.25, -0.2) is 4.79 Å². The number of benzene rings is 2. The second-order valence-corrected chi connectivity index (χ2v) is 7.13. The van der Waals surface area contributed by atoms with E-state index in [1.165, 1.54) is 12.7 Å². The molecule has 5 heteroatoms. The van der Waals surface area contributed by atoms with E-state index in [-0.39, 0.29) is 5.97 Å². The molecule has 0 aromatic heterocycles. The molecular formula is C24H30N2O3. The molecule has 1 aliphatic heterocycles. The van der Waals surface area contributed by atoms with E-state index < -0.39 is 0 Å². The van der Waals surface area contributed by atoms with Crippen molar-refractivity contribution in [2.75, 3.05) is 51.3 Å². The van der Waals surface area contributed by atoms with Crippen LogP contribution in [0.4, 0.5) is 5.69 Å². The molecule has 1 heterocycles. The van der Waals surface area contributed by atoms with Crippen LogP contribution in [0, 0.1) is 0 Å². The highest BCUT2D eigenvalue weighted by Crippen LogP contribution is 2.25. The van der Waals surface area contributed by atoms with Crippen molar-refractivity contribution in [1.82, 2.24) is 4.90 Å². The molecule has 2 aromatic carbocycles. The molecule has 0 amide bonds. The molecule has 1 saturated heterocycles. The van der Waals surface area contributed by atoms with Gasteiger partial charge >= 0.3 is 5.97 Å². The lowest BCUT2D eigenvalue weighted by Gasteiger charge is -2.36. The predicted octanol–water partition coefficient (Wildman–Crippen LogP) is 3.85. The zero-order valence-corrected chi connectivity index (χ0v) is 17.3. The van der Waals surface area contributed by atoms with Crippen molar-refractivity contribution in [3.8, 4) is 0 Å². The molecule has 0 atom stereocenters. The van der Waals surface area contributed by atoms with Gasteiger partial charge in [-0.1, -0.05) is 42.5 Å². The summed E-state index contributed by atoms with van der Waals surface area (Å²) in [5, 5.41) is 0. The Labute approximate surface area is 173 Å². The SMILES string of the molecule is CC=Cc1cc(C(=O)OC)ccc1N1CCN(CCOCc2ccccc2)CC1. The normalized spacial score (nSPS) is 15.0. The molecule has 0 radical (unpaired) electrons. The van der Waals surface area contributed by atoms with E-state index in [0.29, 0.717) is 12.2 Å². The molecule has 1 fully saturated rings. The lowest BCUT2D eigenvalue weighted by atomic mass is 10.1. The second kappa shape index (κ2) is 10.8. The minimum Gasteiger partial charge on any atom is -0.465 e. The van der Waals surface area contributed by atoms with Crippen LogP contribution in [-0.2, 0) is 16.1 Å². The lowest BCUT2D eigenvalue weighted by Crippen LogP contribution is -2.47.